The van der Waals surface area contributed by atoms with Crippen LogP contribution in [0.25, 0.3) is 27.1 Å². The molecule has 4 aromatic heterocycles. The van der Waals surface area contributed by atoms with Crippen molar-refractivity contribution in [2.24, 2.45) is 0 Å². The van der Waals surface area contributed by atoms with Crippen molar-refractivity contribution in [2.75, 3.05) is 0 Å². The first-order chi connectivity index (χ1) is 15.5. The lowest BCUT2D eigenvalue weighted by molar-refractivity contribution is 0.151. The highest BCUT2D eigenvalue weighted by molar-refractivity contribution is 7.18. The maximum absolute atomic E-state index is 13.0. The third-order valence-corrected chi connectivity index (χ3v) is 6.74. The zero-order chi connectivity index (χ0) is 22.0. The van der Waals surface area contributed by atoms with Gasteiger partial charge in [-0.1, -0.05) is 6.07 Å². The van der Waals surface area contributed by atoms with Gasteiger partial charge >= 0.3 is 5.69 Å². The summed E-state index contributed by atoms with van der Waals surface area (Å²) >= 11 is 1.01. The van der Waals surface area contributed by atoms with Gasteiger partial charge in [0.1, 0.15) is 0 Å². The van der Waals surface area contributed by atoms with E-state index in [0.717, 1.165) is 33.6 Å². The van der Waals surface area contributed by atoms with Gasteiger partial charge in [-0.25, -0.2) is 28.1 Å². The SMILES string of the molecule is O=c1[nH]cc(-c2cc([C@H]3C[C@@H]3c3ccc4nc(C(F)F)sc4c3)c3nccn3n2)c(=O)[nH]1. The summed E-state index contributed by atoms with van der Waals surface area (Å²) in [6.07, 6.45) is 2.97. The average Bonchev–Trinajstić information content (AvgIpc) is 3.21. The van der Waals surface area contributed by atoms with Crippen LogP contribution in [-0.2, 0) is 0 Å². The Balaban J connectivity index is 1.40. The van der Waals surface area contributed by atoms with E-state index >= 15 is 0 Å². The number of H-pyrrole nitrogens is 2. The first-order valence-electron chi connectivity index (χ1n) is 9.83. The summed E-state index contributed by atoms with van der Waals surface area (Å²) in [6.45, 7) is 0. The van der Waals surface area contributed by atoms with E-state index in [2.05, 4.69) is 25.0 Å². The first kappa shape index (κ1) is 19.0. The summed E-state index contributed by atoms with van der Waals surface area (Å²) in [5.74, 6) is 0.338. The Morgan fingerprint density at radius 3 is 2.88 bits per heavy atom. The number of aromatic nitrogens is 6. The van der Waals surface area contributed by atoms with Gasteiger partial charge in [-0.05, 0) is 42.0 Å². The lowest BCUT2D eigenvalue weighted by atomic mass is 10.0. The molecule has 1 aromatic carbocycles. The molecule has 0 saturated heterocycles. The summed E-state index contributed by atoms with van der Waals surface area (Å²) in [5, 5.41) is 4.29. The van der Waals surface area contributed by atoms with Gasteiger partial charge in [0, 0.05) is 24.2 Å². The van der Waals surface area contributed by atoms with Crippen LogP contribution in [0.2, 0.25) is 0 Å². The number of thiazole rings is 1. The monoisotopic (exact) mass is 452 g/mol. The number of nitrogens with zero attached hydrogens (tertiary/aromatic N) is 4. The minimum Gasteiger partial charge on any atom is -0.313 e. The normalized spacial score (nSPS) is 18.1. The molecular formula is C21H14F2N6O2S. The van der Waals surface area contributed by atoms with Gasteiger partial charge in [-0.3, -0.25) is 9.78 Å². The van der Waals surface area contributed by atoms with Gasteiger partial charge in [0.05, 0.1) is 21.5 Å². The second-order valence-electron chi connectivity index (χ2n) is 7.69. The molecule has 1 aliphatic rings. The van der Waals surface area contributed by atoms with Crippen LogP contribution in [-0.4, -0.2) is 29.5 Å². The molecule has 0 bridgehead atoms. The van der Waals surface area contributed by atoms with Crippen molar-refractivity contribution < 1.29 is 8.78 Å². The van der Waals surface area contributed by atoms with Gasteiger partial charge in [0.2, 0.25) is 0 Å². The number of hydrogen-bond donors (Lipinski definition) is 2. The van der Waals surface area contributed by atoms with Crippen molar-refractivity contribution in [3.63, 3.8) is 0 Å². The van der Waals surface area contributed by atoms with Crippen molar-refractivity contribution in [1.29, 1.82) is 0 Å². The molecule has 160 valence electrons. The zero-order valence-electron chi connectivity index (χ0n) is 16.3. The molecule has 2 atom stereocenters. The summed E-state index contributed by atoms with van der Waals surface area (Å²) in [5.41, 5.74) is 2.83. The second kappa shape index (κ2) is 6.89. The summed E-state index contributed by atoms with van der Waals surface area (Å²) in [6, 6.07) is 7.47. The van der Waals surface area contributed by atoms with E-state index in [4.69, 9.17) is 0 Å². The van der Waals surface area contributed by atoms with Crippen LogP contribution in [0.1, 0.15) is 40.8 Å². The summed E-state index contributed by atoms with van der Waals surface area (Å²) < 4.78 is 28.3. The second-order valence-corrected chi connectivity index (χ2v) is 8.76. The number of fused-ring (bicyclic) bond motifs is 2. The fraction of sp³-hybridized carbons (Fsp3) is 0.190. The number of benzene rings is 1. The van der Waals surface area contributed by atoms with Crippen molar-refractivity contribution in [1.82, 2.24) is 29.5 Å². The number of nitrogens with one attached hydrogen (secondary N) is 2. The Labute approximate surface area is 181 Å². The molecule has 1 fully saturated rings. The Hall–Kier alpha value is -3.73. The molecule has 6 rings (SSSR count). The molecule has 8 nitrogen and oxygen atoms in total. The first-order valence-corrected chi connectivity index (χ1v) is 10.6. The quantitative estimate of drug-likeness (QED) is 0.433. The molecule has 1 saturated carbocycles. The van der Waals surface area contributed by atoms with Crippen molar-refractivity contribution >= 4 is 27.2 Å². The Kier molecular flexibility index (Phi) is 4.09. The molecule has 2 N–H and O–H groups in total. The predicted octanol–water partition coefficient (Wildman–Crippen LogP) is 3.59. The van der Waals surface area contributed by atoms with E-state index in [9.17, 15) is 18.4 Å². The average molecular weight is 452 g/mol. The van der Waals surface area contributed by atoms with Crippen LogP contribution in [0.5, 0.6) is 0 Å². The minimum atomic E-state index is -2.58. The maximum atomic E-state index is 13.0. The molecule has 5 aromatic rings. The fourth-order valence-electron chi connectivity index (χ4n) is 4.14. The van der Waals surface area contributed by atoms with Crippen molar-refractivity contribution in [3.8, 4) is 11.3 Å². The van der Waals surface area contributed by atoms with E-state index < -0.39 is 17.7 Å². The third-order valence-electron chi connectivity index (χ3n) is 5.72. The minimum absolute atomic E-state index is 0.142. The molecule has 4 heterocycles. The number of rotatable bonds is 4. The van der Waals surface area contributed by atoms with E-state index in [1.807, 2.05) is 18.2 Å². The Morgan fingerprint density at radius 1 is 1.19 bits per heavy atom. The molecule has 0 spiro atoms. The van der Waals surface area contributed by atoms with Crippen LogP contribution in [0.4, 0.5) is 8.78 Å². The molecule has 1 aliphatic carbocycles. The number of hydrogen-bond acceptors (Lipinski definition) is 6. The maximum Gasteiger partial charge on any atom is 0.325 e. The molecule has 11 heteroatoms. The van der Waals surface area contributed by atoms with Gasteiger partial charge in [-0.2, -0.15) is 5.10 Å². The molecule has 0 amide bonds. The van der Waals surface area contributed by atoms with Gasteiger partial charge in [-0.15, -0.1) is 11.3 Å². The van der Waals surface area contributed by atoms with Crippen molar-refractivity contribution in [3.05, 3.63) is 79.8 Å². The molecule has 0 aliphatic heterocycles. The van der Waals surface area contributed by atoms with Crippen LogP contribution in [0.15, 0.2) is 52.4 Å². The number of halogens is 2. The fourth-order valence-corrected chi connectivity index (χ4v) is 5.01. The van der Waals surface area contributed by atoms with Gasteiger partial charge in [0.15, 0.2) is 10.7 Å². The number of imidazole rings is 1. The van der Waals surface area contributed by atoms with Crippen LogP contribution >= 0.6 is 11.3 Å². The van der Waals surface area contributed by atoms with Crippen LogP contribution in [0.3, 0.4) is 0 Å². The molecule has 32 heavy (non-hydrogen) atoms. The molecule has 0 unspecified atom stereocenters. The van der Waals surface area contributed by atoms with Crippen LogP contribution in [0, 0.1) is 0 Å². The van der Waals surface area contributed by atoms with E-state index in [1.165, 1.54) is 6.20 Å². The summed E-state index contributed by atoms with van der Waals surface area (Å²) in [7, 11) is 0. The lowest BCUT2D eigenvalue weighted by Crippen LogP contribution is -2.23. The largest absolute Gasteiger partial charge is 0.325 e. The van der Waals surface area contributed by atoms with E-state index in [-0.39, 0.29) is 22.4 Å². The van der Waals surface area contributed by atoms with E-state index in [0.29, 0.717) is 16.9 Å². The van der Waals surface area contributed by atoms with E-state index in [1.54, 1.807) is 23.0 Å². The topological polar surface area (TPSA) is 109 Å². The number of aromatic amines is 2. The highest BCUT2D eigenvalue weighted by Gasteiger charge is 2.41. The summed E-state index contributed by atoms with van der Waals surface area (Å²) in [4.78, 5) is 36.7. The smallest absolute Gasteiger partial charge is 0.313 e. The standard InChI is InChI=1S/C21H14F2N6O2S/c22-17(23)20-26-14-2-1-9(5-16(14)32-20)10-6-11(10)12-7-15(28-29-4-3-24-18(12)29)13-8-25-21(31)27-19(13)30/h1-5,7-8,10-11,17H,6H2,(H2,25,27,30,31)/t10-,11+/m1/s1. The highest BCUT2D eigenvalue weighted by Crippen LogP contribution is 2.56. The highest BCUT2D eigenvalue weighted by atomic mass is 32.1. The van der Waals surface area contributed by atoms with Crippen LogP contribution < -0.4 is 11.2 Å². The Morgan fingerprint density at radius 2 is 2.06 bits per heavy atom. The zero-order valence-corrected chi connectivity index (χ0v) is 17.1. The third kappa shape index (κ3) is 3.04. The molecule has 0 radical (unpaired) electrons. The van der Waals surface area contributed by atoms with Gasteiger partial charge in [0.25, 0.3) is 12.0 Å². The molecular weight excluding hydrogens is 438 g/mol. The van der Waals surface area contributed by atoms with Crippen molar-refractivity contribution in [2.45, 2.75) is 24.7 Å². The number of alkyl halides is 2. The predicted molar refractivity (Wildman–Crippen MR) is 114 cm³/mol. The Bertz CT molecular complexity index is 1620. The lowest BCUT2D eigenvalue weighted by Gasteiger charge is -2.07. The van der Waals surface area contributed by atoms with Gasteiger partial charge < -0.3 is 4.98 Å².